The molecule has 0 unspecified atom stereocenters. The number of carbonyl (C=O) groups excluding carboxylic acids is 5. The zero-order valence-corrected chi connectivity index (χ0v) is 39.8. The van der Waals surface area contributed by atoms with Gasteiger partial charge in [0.25, 0.3) is 5.91 Å². The van der Waals surface area contributed by atoms with Crippen LogP contribution in [-0.2, 0) is 60.9 Å². The topological polar surface area (TPSA) is 224 Å². The van der Waals surface area contributed by atoms with Gasteiger partial charge in [-0.15, -0.1) is 0 Å². The number of fused-ring (bicyclic) bond motifs is 18. The van der Waals surface area contributed by atoms with Crippen LogP contribution in [0.5, 0.6) is 5.75 Å². The van der Waals surface area contributed by atoms with Gasteiger partial charge in [-0.3, -0.25) is 24.0 Å². The lowest BCUT2D eigenvalue weighted by Gasteiger charge is -2.27. The molecule has 15 heteroatoms. The number of H-pyrrole nitrogens is 2. The number of carboxylic acid groups (broad SMARTS) is 1. The number of hydrogen-bond acceptors (Lipinski definition) is 7. The third kappa shape index (κ3) is 12.5. The molecule has 0 radical (unpaired) electrons. The number of aromatic amines is 2. The van der Waals surface area contributed by atoms with E-state index in [0.717, 1.165) is 44.1 Å². The lowest BCUT2D eigenvalue weighted by molar-refractivity contribution is -0.142. The fraction of sp³-hybridized carbons (Fsp3) is 0.207. The number of aromatic nitrogens is 2. The summed E-state index contributed by atoms with van der Waals surface area (Å²) in [6, 6.07) is 41.9. The van der Waals surface area contributed by atoms with Crippen LogP contribution in [0.4, 0.5) is 0 Å². The van der Waals surface area contributed by atoms with Crippen molar-refractivity contribution >= 4 is 57.3 Å². The van der Waals surface area contributed by atoms with E-state index in [1.54, 1.807) is 36.7 Å². The fourth-order valence-corrected chi connectivity index (χ4v) is 9.22. The van der Waals surface area contributed by atoms with Crippen molar-refractivity contribution in [1.82, 2.24) is 36.6 Å². The van der Waals surface area contributed by atoms with Gasteiger partial charge in [0.15, 0.2) is 6.61 Å². The molecule has 0 fully saturated rings. The van der Waals surface area contributed by atoms with Crippen molar-refractivity contribution < 1.29 is 38.6 Å². The van der Waals surface area contributed by atoms with E-state index in [-0.39, 0.29) is 32.1 Å². The first-order chi connectivity index (χ1) is 35.5. The molecule has 15 nitrogen and oxygen atoms in total. The Balaban J connectivity index is 1.07. The summed E-state index contributed by atoms with van der Waals surface area (Å²) in [6.07, 6.45) is 3.91. The SMILES string of the molecule is O=C1COc2ccc(cc2)C[C@H](C(=O)N[C@H](CCc2ccccc2)C(=O)O)NC(=O)[C@H](Cc2c[nH]c3ccccc23)NC(=O)[C@@H](Cc2ccc(-c3ccccc3)cc2)NC(=O)[C@H](Cc2c[nH]c3ccccc23)N1. The Bertz CT molecular complexity index is 3230. The number of ether oxygens (including phenoxy) is 1. The minimum atomic E-state index is -1.32. The Hall–Kier alpha value is -8.98. The Morgan fingerprint density at radius 1 is 0.562 bits per heavy atom. The standard InChI is InChI=1S/C58H55N7O8/c66-53-35-73-43-26-21-38(22-27-43)30-49(54(67)62-48(58(71)72)28-23-36-11-3-1-4-12-36)64-57(70)52(32-42-34-60-47-18-10-8-16-45(42)47)65-55(68)50(29-37-19-24-40(25-20-37)39-13-5-2-6-14-39)63-56(69)51(61-53)31-41-33-59-46-17-9-7-15-44(41)46/h1-22,24-27,33-34,48-52,59-60H,23,28-32,35H2,(H,61,66)(H,62,67)(H,63,69)(H,64,70)(H,65,68)(H,71,72)/t48-,49-,50-,51+,52+/m1/s1. The first-order valence-electron chi connectivity index (χ1n) is 24.3. The molecule has 6 aromatic carbocycles. The molecule has 0 aliphatic carbocycles. The summed E-state index contributed by atoms with van der Waals surface area (Å²) in [7, 11) is 0. The Morgan fingerprint density at radius 3 is 1.68 bits per heavy atom. The second-order valence-electron chi connectivity index (χ2n) is 18.3. The summed E-state index contributed by atoms with van der Waals surface area (Å²) in [6.45, 7) is -0.454. The first kappa shape index (κ1) is 49.0. The van der Waals surface area contributed by atoms with Crippen LogP contribution in [0.25, 0.3) is 32.9 Å². The fourth-order valence-electron chi connectivity index (χ4n) is 9.22. The maximum atomic E-state index is 15.0. The van der Waals surface area contributed by atoms with Gasteiger partial charge in [-0.1, -0.05) is 133 Å². The van der Waals surface area contributed by atoms with Crippen molar-refractivity contribution in [1.29, 1.82) is 0 Å². The molecule has 370 valence electrons. The molecule has 5 amide bonds. The van der Waals surface area contributed by atoms with Crippen molar-refractivity contribution in [2.24, 2.45) is 0 Å². The molecule has 0 saturated heterocycles. The molecule has 2 aromatic heterocycles. The summed E-state index contributed by atoms with van der Waals surface area (Å²) >= 11 is 0. The maximum absolute atomic E-state index is 15.0. The number of hydrogen-bond donors (Lipinski definition) is 8. The summed E-state index contributed by atoms with van der Waals surface area (Å²) in [5.74, 6) is -4.36. The normalized spacial score (nSPS) is 18.2. The van der Waals surface area contributed by atoms with Crippen LogP contribution in [0.3, 0.4) is 0 Å². The number of aryl methyl sites for hydroxylation is 1. The van der Waals surface area contributed by atoms with Crippen LogP contribution in [0.2, 0.25) is 0 Å². The lowest BCUT2D eigenvalue weighted by Crippen LogP contribution is -2.60. The molecule has 4 heterocycles. The highest BCUT2D eigenvalue weighted by atomic mass is 16.5. The smallest absolute Gasteiger partial charge is 0.326 e. The highest BCUT2D eigenvalue weighted by molar-refractivity contribution is 5.97. The minimum Gasteiger partial charge on any atom is -0.484 e. The molecule has 2 aliphatic heterocycles. The lowest BCUT2D eigenvalue weighted by atomic mass is 9.98. The van der Waals surface area contributed by atoms with Crippen LogP contribution < -0.4 is 31.3 Å². The van der Waals surface area contributed by atoms with Gasteiger partial charge in [-0.2, -0.15) is 0 Å². The predicted molar refractivity (Wildman–Crippen MR) is 277 cm³/mol. The van der Waals surface area contributed by atoms with Crippen molar-refractivity contribution in [2.45, 2.75) is 68.7 Å². The molecule has 2 aliphatic rings. The zero-order chi connectivity index (χ0) is 50.7. The average molecular weight is 978 g/mol. The van der Waals surface area contributed by atoms with E-state index in [9.17, 15) is 29.1 Å². The number of nitrogens with one attached hydrogen (secondary N) is 7. The average Bonchev–Trinajstić information content (AvgIpc) is 4.02. The van der Waals surface area contributed by atoms with Crippen molar-refractivity contribution in [3.8, 4) is 16.9 Å². The maximum Gasteiger partial charge on any atom is 0.326 e. The largest absolute Gasteiger partial charge is 0.484 e. The number of para-hydroxylation sites is 2. The minimum absolute atomic E-state index is 0.0104. The number of aliphatic carboxylic acids is 1. The molecular formula is C58H55N7O8. The van der Waals surface area contributed by atoms with Crippen molar-refractivity contribution in [3.05, 3.63) is 198 Å². The van der Waals surface area contributed by atoms with E-state index in [1.807, 2.05) is 133 Å². The molecule has 8 N–H and O–H groups in total. The van der Waals surface area contributed by atoms with E-state index >= 15 is 4.79 Å². The predicted octanol–water partition coefficient (Wildman–Crippen LogP) is 6.12. The number of amides is 5. The molecular weight excluding hydrogens is 923 g/mol. The monoisotopic (exact) mass is 977 g/mol. The quantitative estimate of drug-likeness (QED) is 0.0628. The van der Waals surface area contributed by atoms with Crippen molar-refractivity contribution in [3.63, 3.8) is 0 Å². The summed E-state index contributed by atoms with van der Waals surface area (Å²) in [4.78, 5) is 91.9. The van der Waals surface area contributed by atoms with Gasteiger partial charge < -0.3 is 46.4 Å². The molecule has 10 rings (SSSR count). The van der Waals surface area contributed by atoms with E-state index in [2.05, 4.69) is 36.6 Å². The number of carboxylic acids is 1. The molecule has 0 saturated carbocycles. The Kier molecular flexibility index (Phi) is 15.3. The van der Waals surface area contributed by atoms with Gasteiger partial charge in [0.2, 0.25) is 23.6 Å². The highest BCUT2D eigenvalue weighted by Gasteiger charge is 2.34. The number of carbonyl (C=O) groups is 6. The van der Waals surface area contributed by atoms with Crippen LogP contribution >= 0.6 is 0 Å². The molecule has 5 atom stereocenters. The van der Waals surface area contributed by atoms with Gasteiger partial charge in [0, 0.05) is 59.9 Å². The third-order valence-corrected chi connectivity index (χ3v) is 13.2. The Labute approximate surface area is 421 Å². The van der Waals surface area contributed by atoms with Crippen molar-refractivity contribution in [2.75, 3.05) is 6.61 Å². The van der Waals surface area contributed by atoms with Crippen LogP contribution in [0.1, 0.15) is 34.2 Å². The molecule has 2 bridgehead atoms. The Morgan fingerprint density at radius 2 is 1.08 bits per heavy atom. The molecule has 8 aromatic rings. The first-order valence-corrected chi connectivity index (χ1v) is 24.3. The van der Waals surface area contributed by atoms with Crippen LogP contribution in [0, 0.1) is 0 Å². The summed E-state index contributed by atoms with van der Waals surface area (Å²) in [5, 5.41) is 26.2. The van der Waals surface area contributed by atoms with Gasteiger partial charge in [-0.25, -0.2) is 4.79 Å². The van der Waals surface area contributed by atoms with E-state index in [1.165, 1.54) is 0 Å². The highest BCUT2D eigenvalue weighted by Crippen LogP contribution is 2.24. The zero-order valence-electron chi connectivity index (χ0n) is 39.8. The molecule has 0 spiro atoms. The summed E-state index contributed by atoms with van der Waals surface area (Å²) in [5.41, 5.74) is 7.19. The second-order valence-corrected chi connectivity index (χ2v) is 18.3. The van der Waals surface area contributed by atoms with Gasteiger partial charge in [-0.05, 0) is 76.1 Å². The summed E-state index contributed by atoms with van der Waals surface area (Å²) < 4.78 is 5.88. The second kappa shape index (κ2) is 22.8. The van der Waals surface area contributed by atoms with Gasteiger partial charge in [0.05, 0.1) is 0 Å². The third-order valence-electron chi connectivity index (χ3n) is 13.2. The number of benzene rings is 6. The van der Waals surface area contributed by atoms with Gasteiger partial charge >= 0.3 is 5.97 Å². The number of rotatable bonds is 13. The van der Waals surface area contributed by atoms with E-state index in [0.29, 0.717) is 28.9 Å². The van der Waals surface area contributed by atoms with E-state index in [4.69, 9.17) is 4.74 Å². The van der Waals surface area contributed by atoms with E-state index < -0.39 is 72.3 Å². The molecule has 73 heavy (non-hydrogen) atoms. The van der Waals surface area contributed by atoms with Gasteiger partial charge in [0.1, 0.15) is 36.0 Å². The van der Waals surface area contributed by atoms with Crippen LogP contribution in [0.15, 0.2) is 170 Å². The van der Waals surface area contributed by atoms with Crippen LogP contribution in [-0.4, -0.2) is 87.4 Å².